The zero-order chi connectivity index (χ0) is 13.8. The summed E-state index contributed by atoms with van der Waals surface area (Å²) in [5.41, 5.74) is 6.31. The van der Waals surface area contributed by atoms with Crippen LogP contribution in [0.1, 0.15) is 5.89 Å². The van der Waals surface area contributed by atoms with E-state index in [1.54, 1.807) is 19.1 Å². The molecule has 0 aliphatic rings. The summed E-state index contributed by atoms with van der Waals surface area (Å²) in [6.07, 6.45) is 0. The van der Waals surface area contributed by atoms with Crippen LogP contribution in [-0.4, -0.2) is 21.9 Å². The molecule has 0 aliphatic carbocycles. The van der Waals surface area contributed by atoms with Gasteiger partial charge >= 0.3 is 6.01 Å². The zero-order valence-corrected chi connectivity index (χ0v) is 12.4. The van der Waals surface area contributed by atoms with E-state index < -0.39 is 0 Å². The van der Waals surface area contributed by atoms with Gasteiger partial charge in [0.2, 0.25) is 11.8 Å². The second-order valence-electron chi connectivity index (χ2n) is 3.65. The number of halogens is 1. The number of nitrogen functional groups attached to an aromatic ring is 1. The predicted molar refractivity (Wildman–Crippen MR) is 76.9 cm³/mol. The number of nitrogens with zero attached hydrogens (tertiary/aromatic N) is 2. The Hall–Kier alpha value is -1.54. The average Bonchev–Trinajstić information content (AvgIpc) is 2.73. The Morgan fingerprint density at radius 3 is 2.95 bits per heavy atom. The number of benzene rings is 1. The molecule has 0 fully saturated rings. The van der Waals surface area contributed by atoms with Gasteiger partial charge < -0.3 is 10.2 Å². The highest BCUT2D eigenvalue weighted by Gasteiger charge is 2.09. The molecule has 19 heavy (non-hydrogen) atoms. The van der Waals surface area contributed by atoms with Crippen LogP contribution in [0.2, 0.25) is 0 Å². The summed E-state index contributed by atoms with van der Waals surface area (Å²) in [6.45, 7) is 1.66. The fraction of sp³-hybridized carbons (Fsp3) is 0.182. The molecule has 0 unspecified atom stereocenters. The van der Waals surface area contributed by atoms with Crippen molar-refractivity contribution in [1.29, 1.82) is 0 Å². The lowest BCUT2D eigenvalue weighted by molar-refractivity contribution is -0.113. The summed E-state index contributed by atoms with van der Waals surface area (Å²) in [7, 11) is 0. The molecule has 0 atom stereocenters. The molecule has 1 amide bonds. The minimum Gasteiger partial charge on any atom is -0.408 e. The van der Waals surface area contributed by atoms with Crippen molar-refractivity contribution in [3.05, 3.63) is 28.6 Å². The first-order valence-corrected chi connectivity index (χ1v) is 7.10. The lowest BCUT2D eigenvalue weighted by atomic mass is 10.3. The van der Waals surface area contributed by atoms with Gasteiger partial charge in [0.15, 0.2) is 0 Å². The molecule has 0 saturated heterocycles. The van der Waals surface area contributed by atoms with Crippen LogP contribution in [0.4, 0.5) is 11.7 Å². The number of nitrogens with one attached hydrogen (secondary N) is 1. The van der Waals surface area contributed by atoms with Crippen molar-refractivity contribution in [2.75, 3.05) is 16.8 Å². The number of aryl methyl sites for hydroxylation is 1. The average molecular weight is 343 g/mol. The number of amides is 1. The minimum atomic E-state index is -0.211. The lowest BCUT2D eigenvalue weighted by Gasteiger charge is -2.04. The molecule has 3 N–H and O–H groups in total. The van der Waals surface area contributed by atoms with Crippen LogP contribution in [0.15, 0.2) is 32.0 Å². The molecule has 1 aromatic heterocycles. The molecule has 0 saturated carbocycles. The maximum absolute atomic E-state index is 11.7. The van der Waals surface area contributed by atoms with Gasteiger partial charge in [0, 0.05) is 22.0 Å². The van der Waals surface area contributed by atoms with Crippen molar-refractivity contribution < 1.29 is 9.21 Å². The van der Waals surface area contributed by atoms with Gasteiger partial charge in [0.25, 0.3) is 0 Å². The van der Waals surface area contributed by atoms with Crippen LogP contribution >= 0.6 is 27.7 Å². The molecule has 1 aromatic carbocycles. The maximum atomic E-state index is 11.7. The Morgan fingerprint density at radius 1 is 1.53 bits per heavy atom. The highest BCUT2D eigenvalue weighted by molar-refractivity contribution is 9.10. The first-order chi connectivity index (χ1) is 9.04. The van der Waals surface area contributed by atoms with E-state index in [2.05, 4.69) is 31.4 Å². The SMILES string of the molecule is Cc1nnc(NC(=O)CSc2ccc(N)cc2Br)o1. The van der Waals surface area contributed by atoms with E-state index in [4.69, 9.17) is 10.2 Å². The molecule has 2 aromatic rings. The van der Waals surface area contributed by atoms with Crippen molar-refractivity contribution in [3.8, 4) is 0 Å². The lowest BCUT2D eigenvalue weighted by Crippen LogP contribution is -2.14. The van der Waals surface area contributed by atoms with Crippen molar-refractivity contribution in [1.82, 2.24) is 10.2 Å². The van der Waals surface area contributed by atoms with E-state index in [-0.39, 0.29) is 17.7 Å². The normalized spacial score (nSPS) is 10.4. The van der Waals surface area contributed by atoms with E-state index in [1.807, 2.05) is 6.07 Å². The van der Waals surface area contributed by atoms with Crippen LogP contribution in [-0.2, 0) is 4.79 Å². The molecule has 1 heterocycles. The summed E-state index contributed by atoms with van der Waals surface area (Å²) in [5, 5.41) is 9.83. The highest BCUT2D eigenvalue weighted by atomic mass is 79.9. The number of nitrogens with two attached hydrogens (primary N) is 1. The molecular formula is C11H11BrN4O2S. The molecule has 0 aliphatic heterocycles. The van der Waals surface area contributed by atoms with Crippen LogP contribution in [0, 0.1) is 6.92 Å². The number of carbonyl (C=O) groups is 1. The molecule has 0 radical (unpaired) electrons. The Bertz CT molecular complexity index is 602. The van der Waals surface area contributed by atoms with E-state index in [0.29, 0.717) is 11.6 Å². The minimum absolute atomic E-state index is 0.111. The van der Waals surface area contributed by atoms with Crippen molar-refractivity contribution in [3.63, 3.8) is 0 Å². The Balaban J connectivity index is 1.89. The molecule has 100 valence electrons. The van der Waals surface area contributed by atoms with Gasteiger partial charge in [-0.1, -0.05) is 5.10 Å². The Morgan fingerprint density at radius 2 is 2.32 bits per heavy atom. The van der Waals surface area contributed by atoms with E-state index in [0.717, 1.165) is 9.37 Å². The number of hydrogen-bond donors (Lipinski definition) is 2. The van der Waals surface area contributed by atoms with Crippen LogP contribution in [0.3, 0.4) is 0 Å². The third kappa shape index (κ3) is 3.97. The monoisotopic (exact) mass is 342 g/mol. The largest absolute Gasteiger partial charge is 0.408 e. The van der Waals surface area contributed by atoms with Gasteiger partial charge in [0.1, 0.15) is 0 Å². The molecule has 6 nitrogen and oxygen atoms in total. The van der Waals surface area contributed by atoms with Crippen LogP contribution in [0.25, 0.3) is 0 Å². The number of rotatable bonds is 4. The molecule has 0 bridgehead atoms. The van der Waals surface area contributed by atoms with E-state index in [1.165, 1.54) is 11.8 Å². The van der Waals surface area contributed by atoms with Gasteiger partial charge in [-0.15, -0.1) is 16.9 Å². The van der Waals surface area contributed by atoms with Crippen LogP contribution < -0.4 is 11.1 Å². The summed E-state index contributed by atoms with van der Waals surface area (Å²) in [4.78, 5) is 12.6. The molecule has 2 rings (SSSR count). The first-order valence-electron chi connectivity index (χ1n) is 5.32. The number of anilines is 2. The topological polar surface area (TPSA) is 94.0 Å². The van der Waals surface area contributed by atoms with E-state index >= 15 is 0 Å². The molecule has 0 spiro atoms. The third-order valence-corrected chi connectivity index (χ3v) is 4.08. The predicted octanol–water partition coefficient (Wildman–Crippen LogP) is 2.45. The quantitative estimate of drug-likeness (QED) is 0.654. The first kappa shape index (κ1) is 13.9. The number of carbonyl (C=O) groups excluding carboxylic acids is 1. The zero-order valence-electron chi connectivity index (χ0n) is 10.0. The van der Waals surface area contributed by atoms with Crippen molar-refractivity contribution in [2.24, 2.45) is 0 Å². The Kier molecular flexibility index (Phi) is 4.43. The molecular weight excluding hydrogens is 332 g/mol. The Labute approximate surface area is 122 Å². The number of thioether (sulfide) groups is 1. The van der Waals surface area contributed by atoms with Gasteiger partial charge in [0.05, 0.1) is 5.75 Å². The summed E-state index contributed by atoms with van der Waals surface area (Å²) in [5.74, 6) is 0.436. The number of hydrogen-bond acceptors (Lipinski definition) is 6. The molecule has 8 heteroatoms. The van der Waals surface area contributed by atoms with Crippen molar-refractivity contribution >= 4 is 45.3 Å². The maximum Gasteiger partial charge on any atom is 0.322 e. The van der Waals surface area contributed by atoms with Crippen molar-refractivity contribution in [2.45, 2.75) is 11.8 Å². The number of aromatic nitrogens is 2. The second-order valence-corrected chi connectivity index (χ2v) is 5.52. The van der Waals surface area contributed by atoms with Gasteiger partial charge in [-0.25, -0.2) is 0 Å². The standard InChI is InChI=1S/C11H11BrN4O2S/c1-6-15-16-11(18-6)14-10(17)5-19-9-3-2-7(13)4-8(9)12/h2-4H,5,13H2,1H3,(H,14,16,17). The highest BCUT2D eigenvalue weighted by Crippen LogP contribution is 2.29. The fourth-order valence-electron chi connectivity index (χ4n) is 1.28. The second kappa shape index (κ2) is 6.07. The fourth-order valence-corrected chi connectivity index (χ4v) is 2.74. The van der Waals surface area contributed by atoms with Gasteiger partial charge in [-0.05, 0) is 34.1 Å². The summed E-state index contributed by atoms with van der Waals surface area (Å²) in [6, 6.07) is 5.54. The summed E-state index contributed by atoms with van der Waals surface area (Å²) >= 11 is 4.78. The summed E-state index contributed by atoms with van der Waals surface area (Å²) < 4.78 is 5.92. The van der Waals surface area contributed by atoms with Gasteiger partial charge in [-0.2, -0.15) is 0 Å². The van der Waals surface area contributed by atoms with Crippen LogP contribution in [0.5, 0.6) is 0 Å². The smallest absolute Gasteiger partial charge is 0.322 e. The third-order valence-electron chi connectivity index (χ3n) is 2.09. The van der Waals surface area contributed by atoms with E-state index in [9.17, 15) is 4.79 Å². The van der Waals surface area contributed by atoms with Gasteiger partial charge in [-0.3, -0.25) is 10.1 Å².